The Bertz CT molecular complexity index is 850. The molecule has 9 nitrogen and oxygen atoms in total. The van der Waals surface area contributed by atoms with Crippen molar-refractivity contribution in [2.45, 2.75) is 24.9 Å². The molecule has 27 heavy (non-hydrogen) atoms. The number of likely N-dealkylation sites (tertiary alicyclic amines) is 1. The second-order valence-electron chi connectivity index (χ2n) is 7.75. The maximum absolute atomic E-state index is 12.7. The number of carbonyl (C=O) groups is 3. The molecule has 2 amide bonds. The summed E-state index contributed by atoms with van der Waals surface area (Å²) in [5.74, 6) is -2.00. The predicted octanol–water partition coefficient (Wildman–Crippen LogP) is 0.878. The zero-order valence-electron chi connectivity index (χ0n) is 14.2. The number of carboxylic acid groups (broad SMARTS) is 1. The molecule has 5 rings (SSSR count). The normalized spacial score (nSPS) is 35.4. The average molecular weight is 371 g/mol. The first-order valence-electron chi connectivity index (χ1n) is 9.00. The SMILES string of the molecule is O=C(O)CCN1C(=O)C2C3CC(C2C1=O)C1C3N1c1ccc([N+](=O)[O-])cc1. The fraction of sp³-hybridized carbons (Fsp3) is 0.500. The summed E-state index contributed by atoms with van der Waals surface area (Å²) in [6.07, 6.45) is 0.617. The number of amides is 2. The van der Waals surface area contributed by atoms with Gasteiger partial charge in [-0.1, -0.05) is 0 Å². The van der Waals surface area contributed by atoms with Gasteiger partial charge in [0.25, 0.3) is 5.69 Å². The van der Waals surface area contributed by atoms with E-state index < -0.39 is 10.9 Å². The molecular weight excluding hydrogens is 354 g/mol. The van der Waals surface area contributed by atoms with E-state index in [0.717, 1.165) is 17.0 Å². The topological polar surface area (TPSA) is 121 Å². The molecule has 0 radical (unpaired) electrons. The summed E-state index contributed by atoms with van der Waals surface area (Å²) >= 11 is 0. The summed E-state index contributed by atoms with van der Waals surface area (Å²) in [7, 11) is 0. The van der Waals surface area contributed by atoms with Crippen LogP contribution in [0.4, 0.5) is 11.4 Å². The van der Waals surface area contributed by atoms with E-state index in [2.05, 4.69) is 4.90 Å². The molecule has 4 aliphatic rings. The van der Waals surface area contributed by atoms with Crippen LogP contribution in [0, 0.1) is 33.8 Å². The van der Waals surface area contributed by atoms with Gasteiger partial charge < -0.3 is 10.0 Å². The third-order valence-electron chi connectivity index (χ3n) is 6.64. The molecule has 0 spiro atoms. The number of hydrogen-bond acceptors (Lipinski definition) is 6. The van der Waals surface area contributed by atoms with Crippen LogP contribution in [0.5, 0.6) is 0 Å². The van der Waals surface area contributed by atoms with Crippen LogP contribution in [-0.4, -0.2) is 51.3 Å². The Labute approximate surface area is 153 Å². The Kier molecular flexibility index (Phi) is 3.17. The number of fused-ring (bicyclic) bond motifs is 8. The standard InChI is InChI=1S/C18H17N3O6/c22-12(23)5-6-19-17(24)13-10-7-11(14(13)18(19)25)16-15(10)20(16)8-1-3-9(4-2-8)21(26)27/h1-4,10-11,13-16H,5-7H2,(H,22,23). The highest BCUT2D eigenvalue weighted by atomic mass is 16.6. The van der Waals surface area contributed by atoms with Crippen LogP contribution in [0.25, 0.3) is 0 Å². The van der Waals surface area contributed by atoms with E-state index in [-0.39, 0.29) is 66.2 Å². The lowest BCUT2D eigenvalue weighted by molar-refractivity contribution is -0.384. The molecule has 4 fully saturated rings. The summed E-state index contributed by atoms with van der Waals surface area (Å²) in [5.41, 5.74) is 0.915. The fourth-order valence-corrected chi connectivity index (χ4v) is 5.69. The number of nitrogens with zero attached hydrogens (tertiary/aromatic N) is 3. The highest BCUT2D eigenvalue weighted by Crippen LogP contribution is 2.66. The molecule has 9 heteroatoms. The number of nitro groups is 1. The fourth-order valence-electron chi connectivity index (χ4n) is 5.69. The summed E-state index contributed by atoms with van der Waals surface area (Å²) in [6, 6.07) is 6.75. The molecule has 0 aromatic heterocycles. The number of nitro benzene ring substituents is 1. The van der Waals surface area contributed by atoms with Gasteiger partial charge in [0.15, 0.2) is 0 Å². The number of carboxylic acids is 1. The van der Waals surface area contributed by atoms with Crippen LogP contribution in [0.2, 0.25) is 0 Å². The molecule has 6 unspecified atom stereocenters. The first-order chi connectivity index (χ1) is 12.9. The number of rotatable bonds is 5. The molecule has 2 aliphatic carbocycles. The number of hydrogen-bond donors (Lipinski definition) is 1. The Hall–Kier alpha value is -2.97. The van der Waals surface area contributed by atoms with Crippen LogP contribution >= 0.6 is 0 Å². The van der Waals surface area contributed by atoms with E-state index >= 15 is 0 Å². The quantitative estimate of drug-likeness (QED) is 0.353. The minimum Gasteiger partial charge on any atom is -0.481 e. The smallest absolute Gasteiger partial charge is 0.305 e. The zero-order chi connectivity index (χ0) is 19.0. The third kappa shape index (κ3) is 2.08. The van der Waals surface area contributed by atoms with Crippen molar-refractivity contribution in [1.29, 1.82) is 0 Å². The van der Waals surface area contributed by atoms with Crippen molar-refractivity contribution in [1.82, 2.24) is 4.90 Å². The number of non-ortho nitro benzene ring substituents is 1. The van der Waals surface area contributed by atoms with E-state index in [1.165, 1.54) is 12.1 Å². The van der Waals surface area contributed by atoms with Gasteiger partial charge >= 0.3 is 5.97 Å². The minimum atomic E-state index is -1.03. The molecule has 1 aromatic carbocycles. The van der Waals surface area contributed by atoms with Crippen molar-refractivity contribution in [3.8, 4) is 0 Å². The number of aliphatic carboxylic acids is 1. The van der Waals surface area contributed by atoms with E-state index in [4.69, 9.17) is 5.11 Å². The number of imide groups is 1. The zero-order valence-corrected chi connectivity index (χ0v) is 14.2. The van der Waals surface area contributed by atoms with Gasteiger partial charge in [-0.15, -0.1) is 0 Å². The Morgan fingerprint density at radius 3 is 2.15 bits per heavy atom. The highest BCUT2D eigenvalue weighted by Gasteiger charge is 2.75. The van der Waals surface area contributed by atoms with Crippen molar-refractivity contribution in [2.75, 3.05) is 11.4 Å². The van der Waals surface area contributed by atoms with Gasteiger partial charge in [-0.25, -0.2) is 0 Å². The molecule has 2 saturated carbocycles. The van der Waals surface area contributed by atoms with E-state index in [9.17, 15) is 24.5 Å². The Morgan fingerprint density at radius 1 is 1.11 bits per heavy atom. The van der Waals surface area contributed by atoms with Crippen molar-refractivity contribution in [3.05, 3.63) is 34.4 Å². The van der Waals surface area contributed by atoms with Crippen LogP contribution in [0.3, 0.4) is 0 Å². The summed E-state index contributed by atoms with van der Waals surface area (Å²) in [6.45, 7) is -0.0547. The number of carbonyl (C=O) groups excluding carboxylic acids is 2. The van der Waals surface area contributed by atoms with Crippen molar-refractivity contribution >= 4 is 29.2 Å². The first kappa shape index (κ1) is 16.2. The largest absolute Gasteiger partial charge is 0.481 e. The summed E-state index contributed by atoms with van der Waals surface area (Å²) < 4.78 is 0. The Balaban J connectivity index is 1.36. The molecule has 6 atom stereocenters. The van der Waals surface area contributed by atoms with Gasteiger partial charge in [-0.3, -0.25) is 29.4 Å². The van der Waals surface area contributed by atoms with Crippen LogP contribution in [0.1, 0.15) is 12.8 Å². The summed E-state index contributed by atoms with van der Waals surface area (Å²) in [4.78, 5) is 50.0. The Morgan fingerprint density at radius 2 is 1.67 bits per heavy atom. The lowest BCUT2D eigenvalue weighted by Gasteiger charge is -2.19. The van der Waals surface area contributed by atoms with Gasteiger partial charge in [0.2, 0.25) is 11.8 Å². The molecule has 140 valence electrons. The van der Waals surface area contributed by atoms with E-state index in [1.54, 1.807) is 12.1 Å². The lowest BCUT2D eigenvalue weighted by Crippen LogP contribution is -2.35. The minimum absolute atomic E-state index is 0.0324. The first-order valence-corrected chi connectivity index (χ1v) is 9.00. The van der Waals surface area contributed by atoms with Gasteiger partial charge in [0.1, 0.15) is 0 Å². The molecule has 2 saturated heterocycles. The van der Waals surface area contributed by atoms with E-state index in [0.29, 0.717) is 0 Å². The third-order valence-corrected chi connectivity index (χ3v) is 6.64. The molecule has 2 aliphatic heterocycles. The van der Waals surface area contributed by atoms with Crippen LogP contribution in [-0.2, 0) is 14.4 Å². The van der Waals surface area contributed by atoms with Gasteiger partial charge in [-0.2, -0.15) is 0 Å². The maximum atomic E-state index is 12.7. The monoisotopic (exact) mass is 371 g/mol. The number of piperidine rings is 1. The van der Waals surface area contributed by atoms with Crippen LogP contribution < -0.4 is 4.90 Å². The van der Waals surface area contributed by atoms with Gasteiger partial charge in [0, 0.05) is 24.4 Å². The average Bonchev–Trinajstić information content (AvgIpc) is 2.98. The van der Waals surface area contributed by atoms with Gasteiger partial charge in [-0.05, 0) is 30.4 Å². The molecule has 2 heterocycles. The van der Waals surface area contributed by atoms with Gasteiger partial charge in [0.05, 0.1) is 35.3 Å². The molecule has 1 aromatic rings. The van der Waals surface area contributed by atoms with Crippen LogP contribution in [0.15, 0.2) is 24.3 Å². The van der Waals surface area contributed by atoms with E-state index in [1.807, 2.05) is 0 Å². The molecule has 2 bridgehead atoms. The summed E-state index contributed by atoms with van der Waals surface area (Å²) in [5, 5.41) is 19.6. The predicted molar refractivity (Wildman–Crippen MR) is 90.7 cm³/mol. The number of anilines is 1. The highest BCUT2D eigenvalue weighted by molar-refractivity contribution is 6.06. The number of benzene rings is 1. The molecular formula is C18H17N3O6. The lowest BCUT2D eigenvalue weighted by atomic mass is 9.81. The van der Waals surface area contributed by atoms with Crippen molar-refractivity contribution in [2.24, 2.45) is 23.7 Å². The van der Waals surface area contributed by atoms with Crippen molar-refractivity contribution in [3.63, 3.8) is 0 Å². The second kappa shape index (κ2) is 5.28. The maximum Gasteiger partial charge on any atom is 0.305 e. The second-order valence-corrected chi connectivity index (χ2v) is 7.75. The molecule has 1 N–H and O–H groups in total. The van der Waals surface area contributed by atoms with Crippen molar-refractivity contribution < 1.29 is 24.4 Å².